The quantitative estimate of drug-likeness (QED) is 0.480. The Hall–Kier alpha value is -3.39. The van der Waals surface area contributed by atoms with E-state index in [0.717, 1.165) is 12.8 Å². The maximum absolute atomic E-state index is 13.0. The molecule has 8 heteroatoms. The smallest absolute Gasteiger partial charge is 0.261 e. The summed E-state index contributed by atoms with van der Waals surface area (Å²) in [6.45, 7) is 1.77. The number of carbonyl (C=O) groups excluding carboxylic acids is 1. The van der Waals surface area contributed by atoms with Gasteiger partial charge in [-0.2, -0.15) is 0 Å². The van der Waals surface area contributed by atoms with Crippen molar-refractivity contribution < 1.29 is 22.3 Å². The molecule has 0 saturated heterocycles. The highest BCUT2D eigenvalue weighted by Gasteiger charge is 2.15. The van der Waals surface area contributed by atoms with E-state index < -0.39 is 15.8 Å². The molecule has 3 rings (SSSR count). The third-order valence-electron chi connectivity index (χ3n) is 4.72. The van der Waals surface area contributed by atoms with Crippen LogP contribution in [0.3, 0.4) is 0 Å². The summed E-state index contributed by atoms with van der Waals surface area (Å²) in [6.07, 6.45) is 1.68. The lowest BCUT2D eigenvalue weighted by Gasteiger charge is -2.14. The molecular weight excluding hydrogens is 431 g/mol. The lowest BCUT2D eigenvalue weighted by atomic mass is 10.1. The van der Waals surface area contributed by atoms with Gasteiger partial charge in [-0.15, -0.1) is 0 Å². The Morgan fingerprint density at radius 1 is 0.969 bits per heavy atom. The monoisotopic (exact) mass is 456 g/mol. The Kier molecular flexibility index (Phi) is 7.83. The van der Waals surface area contributed by atoms with E-state index in [9.17, 15) is 17.6 Å². The third-order valence-corrected chi connectivity index (χ3v) is 6.11. The molecule has 6 nitrogen and oxygen atoms in total. The van der Waals surface area contributed by atoms with Gasteiger partial charge in [-0.1, -0.05) is 30.3 Å². The van der Waals surface area contributed by atoms with Gasteiger partial charge in [-0.05, 0) is 73.9 Å². The molecule has 0 bridgehead atoms. The van der Waals surface area contributed by atoms with Crippen LogP contribution in [-0.2, 0) is 21.2 Å². The summed E-state index contributed by atoms with van der Waals surface area (Å²) in [6, 6.07) is 20.8. The van der Waals surface area contributed by atoms with Crippen LogP contribution in [0.15, 0.2) is 83.8 Å². The van der Waals surface area contributed by atoms with Crippen LogP contribution < -0.4 is 14.8 Å². The summed E-state index contributed by atoms with van der Waals surface area (Å²) >= 11 is 0. The van der Waals surface area contributed by atoms with Crippen LogP contribution in [0, 0.1) is 5.82 Å². The number of hydrogen-bond acceptors (Lipinski definition) is 4. The van der Waals surface area contributed by atoms with Crippen LogP contribution >= 0.6 is 0 Å². The molecule has 168 valence electrons. The first-order chi connectivity index (χ1) is 15.3. The fraction of sp³-hybridized carbons (Fsp3) is 0.208. The Labute approximate surface area is 187 Å². The zero-order chi connectivity index (χ0) is 23.0. The largest absolute Gasteiger partial charge is 0.484 e. The summed E-state index contributed by atoms with van der Waals surface area (Å²) in [7, 11) is -3.83. The number of aryl methyl sites for hydroxylation is 1. The number of carbonyl (C=O) groups is 1. The average Bonchev–Trinajstić information content (AvgIpc) is 2.79. The average molecular weight is 457 g/mol. The zero-order valence-corrected chi connectivity index (χ0v) is 18.4. The van der Waals surface area contributed by atoms with E-state index in [4.69, 9.17) is 4.74 Å². The second-order valence-corrected chi connectivity index (χ2v) is 9.05. The van der Waals surface area contributed by atoms with E-state index in [1.807, 2.05) is 25.1 Å². The molecule has 3 aromatic rings. The number of nitrogens with one attached hydrogen (secondary N) is 2. The second kappa shape index (κ2) is 10.8. The van der Waals surface area contributed by atoms with Crippen molar-refractivity contribution in [3.63, 3.8) is 0 Å². The standard InChI is InChI=1S/C24H25FN2O4S/c1-18(7-8-19-5-3-2-4-6-19)26-24(28)17-31-22-13-15-23(16-14-22)32(29,30)27-21-11-9-20(25)10-12-21/h2-6,9-16,18,27H,7-8,17H2,1H3,(H,26,28)/t18-/m0/s1. The molecule has 3 aromatic carbocycles. The Morgan fingerprint density at radius 2 is 1.62 bits per heavy atom. The minimum atomic E-state index is -3.83. The Balaban J connectivity index is 1.46. The number of halogens is 1. The van der Waals surface area contributed by atoms with Gasteiger partial charge in [-0.3, -0.25) is 9.52 Å². The van der Waals surface area contributed by atoms with Crippen molar-refractivity contribution in [3.8, 4) is 5.75 Å². The first-order valence-electron chi connectivity index (χ1n) is 10.2. The SMILES string of the molecule is C[C@@H](CCc1ccccc1)NC(=O)COc1ccc(S(=O)(=O)Nc2ccc(F)cc2)cc1. The van der Waals surface area contributed by atoms with Gasteiger partial charge in [0.1, 0.15) is 11.6 Å². The van der Waals surface area contributed by atoms with E-state index in [0.29, 0.717) is 5.75 Å². The van der Waals surface area contributed by atoms with Crippen molar-refractivity contribution in [2.45, 2.75) is 30.7 Å². The number of amides is 1. The van der Waals surface area contributed by atoms with E-state index >= 15 is 0 Å². The van der Waals surface area contributed by atoms with Gasteiger partial charge >= 0.3 is 0 Å². The van der Waals surface area contributed by atoms with Crippen molar-refractivity contribution in [3.05, 3.63) is 90.2 Å². The van der Waals surface area contributed by atoms with Gasteiger partial charge in [0.25, 0.3) is 15.9 Å². The minimum absolute atomic E-state index is 0.00337. The van der Waals surface area contributed by atoms with E-state index in [2.05, 4.69) is 22.2 Å². The van der Waals surface area contributed by atoms with E-state index in [-0.39, 0.29) is 29.1 Å². The van der Waals surface area contributed by atoms with Crippen molar-refractivity contribution in [1.29, 1.82) is 0 Å². The molecule has 0 spiro atoms. The number of ether oxygens (including phenoxy) is 1. The summed E-state index contributed by atoms with van der Waals surface area (Å²) in [5, 5.41) is 2.89. The Morgan fingerprint density at radius 3 is 2.28 bits per heavy atom. The molecule has 0 radical (unpaired) electrons. The molecule has 0 aliphatic rings. The lowest BCUT2D eigenvalue weighted by Crippen LogP contribution is -2.36. The number of sulfonamides is 1. The van der Waals surface area contributed by atoms with Crippen LogP contribution in [0.5, 0.6) is 5.75 Å². The van der Waals surface area contributed by atoms with Crippen molar-refractivity contribution in [2.75, 3.05) is 11.3 Å². The highest BCUT2D eigenvalue weighted by atomic mass is 32.2. The zero-order valence-electron chi connectivity index (χ0n) is 17.6. The first kappa shape index (κ1) is 23.3. The second-order valence-electron chi connectivity index (χ2n) is 7.37. The van der Waals surface area contributed by atoms with E-state index in [1.54, 1.807) is 0 Å². The van der Waals surface area contributed by atoms with Gasteiger partial charge < -0.3 is 10.1 Å². The summed E-state index contributed by atoms with van der Waals surface area (Å²) < 4.78 is 45.7. The third kappa shape index (κ3) is 7.09. The lowest BCUT2D eigenvalue weighted by molar-refractivity contribution is -0.123. The fourth-order valence-electron chi connectivity index (χ4n) is 3.01. The number of anilines is 1. The van der Waals surface area contributed by atoms with Crippen molar-refractivity contribution in [2.24, 2.45) is 0 Å². The van der Waals surface area contributed by atoms with Crippen molar-refractivity contribution >= 4 is 21.6 Å². The number of rotatable bonds is 10. The van der Waals surface area contributed by atoms with Crippen LogP contribution in [0.1, 0.15) is 18.9 Å². The molecule has 0 unspecified atom stereocenters. The molecule has 0 saturated carbocycles. The fourth-order valence-corrected chi connectivity index (χ4v) is 4.07. The van der Waals surface area contributed by atoms with Gasteiger partial charge in [0.05, 0.1) is 4.90 Å². The van der Waals surface area contributed by atoms with Crippen molar-refractivity contribution in [1.82, 2.24) is 5.32 Å². The molecule has 0 aromatic heterocycles. The van der Waals surface area contributed by atoms with E-state index in [1.165, 1.54) is 54.1 Å². The van der Waals surface area contributed by atoms with Gasteiger partial charge in [-0.25, -0.2) is 12.8 Å². The van der Waals surface area contributed by atoms with Gasteiger partial charge in [0.15, 0.2) is 6.61 Å². The maximum atomic E-state index is 13.0. The predicted octanol–water partition coefficient (Wildman–Crippen LogP) is 4.14. The summed E-state index contributed by atoms with van der Waals surface area (Å²) in [5.74, 6) is -0.331. The molecule has 1 amide bonds. The highest BCUT2D eigenvalue weighted by molar-refractivity contribution is 7.92. The molecule has 0 fully saturated rings. The van der Waals surface area contributed by atoms with Crippen LogP contribution in [-0.4, -0.2) is 27.0 Å². The maximum Gasteiger partial charge on any atom is 0.261 e. The summed E-state index contributed by atoms with van der Waals surface area (Å²) in [5.41, 5.74) is 1.47. The predicted molar refractivity (Wildman–Crippen MR) is 122 cm³/mol. The topological polar surface area (TPSA) is 84.5 Å². The van der Waals surface area contributed by atoms with Crippen LogP contribution in [0.4, 0.5) is 10.1 Å². The first-order valence-corrected chi connectivity index (χ1v) is 11.6. The van der Waals surface area contributed by atoms with Crippen LogP contribution in [0.2, 0.25) is 0 Å². The number of hydrogen-bond donors (Lipinski definition) is 2. The van der Waals surface area contributed by atoms with Crippen LogP contribution in [0.25, 0.3) is 0 Å². The molecule has 0 aliphatic carbocycles. The number of benzene rings is 3. The van der Waals surface area contributed by atoms with Gasteiger partial charge in [0, 0.05) is 11.7 Å². The molecule has 1 atom stereocenters. The normalized spacial score (nSPS) is 12.1. The molecule has 32 heavy (non-hydrogen) atoms. The molecule has 2 N–H and O–H groups in total. The Bertz CT molecular complexity index is 1120. The van der Waals surface area contributed by atoms with Gasteiger partial charge in [0.2, 0.25) is 0 Å². The minimum Gasteiger partial charge on any atom is -0.484 e. The molecule has 0 aliphatic heterocycles. The highest BCUT2D eigenvalue weighted by Crippen LogP contribution is 2.19. The molecular formula is C24H25FN2O4S. The molecule has 0 heterocycles. The summed E-state index contributed by atoms with van der Waals surface area (Å²) in [4.78, 5) is 12.1.